The van der Waals surface area contributed by atoms with Crippen LogP contribution in [-0.2, 0) is 0 Å². The van der Waals surface area contributed by atoms with Gasteiger partial charge in [0, 0.05) is 18.2 Å². The van der Waals surface area contributed by atoms with E-state index >= 15 is 0 Å². The van der Waals surface area contributed by atoms with Gasteiger partial charge in [-0.1, -0.05) is 31.5 Å². The smallest absolute Gasteiger partial charge is 0.120 e. The van der Waals surface area contributed by atoms with Gasteiger partial charge >= 0.3 is 0 Å². The molecule has 1 rings (SSSR count). The predicted octanol–water partition coefficient (Wildman–Crippen LogP) is 2.45. The van der Waals surface area contributed by atoms with Crippen LogP contribution in [0.2, 0.25) is 0 Å². The first-order chi connectivity index (χ1) is 8.19. The van der Waals surface area contributed by atoms with E-state index in [0.717, 1.165) is 24.9 Å². The molecule has 96 valence electrons. The van der Waals surface area contributed by atoms with Crippen LogP contribution in [0, 0.1) is 5.92 Å². The molecule has 3 nitrogen and oxygen atoms in total. The van der Waals surface area contributed by atoms with Crippen LogP contribution in [0.15, 0.2) is 24.3 Å². The Morgan fingerprint density at radius 3 is 2.59 bits per heavy atom. The maximum atomic E-state index is 9.73. The van der Waals surface area contributed by atoms with Crippen LogP contribution in [0.25, 0.3) is 0 Å². The molecule has 0 amide bonds. The van der Waals surface area contributed by atoms with Gasteiger partial charge in [-0.05, 0) is 31.9 Å². The zero-order valence-corrected chi connectivity index (χ0v) is 10.7. The third kappa shape index (κ3) is 4.36. The van der Waals surface area contributed by atoms with Crippen molar-refractivity contribution in [3.63, 3.8) is 0 Å². The maximum absolute atomic E-state index is 9.73. The van der Waals surface area contributed by atoms with Gasteiger partial charge in [0.25, 0.3) is 0 Å². The number of aromatic hydroxyl groups is 1. The number of benzene rings is 1. The van der Waals surface area contributed by atoms with Gasteiger partial charge in [-0.15, -0.1) is 0 Å². The second-order valence-electron chi connectivity index (χ2n) is 4.48. The highest BCUT2D eigenvalue weighted by molar-refractivity contribution is 5.34. The zero-order valence-electron chi connectivity index (χ0n) is 10.7. The van der Waals surface area contributed by atoms with Gasteiger partial charge in [0.05, 0.1) is 0 Å². The number of nitrogens with one attached hydrogen (secondary N) is 1. The monoisotopic (exact) mass is 237 g/mol. The van der Waals surface area contributed by atoms with E-state index in [2.05, 4.69) is 12.2 Å². The molecule has 3 heteroatoms. The summed E-state index contributed by atoms with van der Waals surface area (Å²) in [7, 11) is 0. The Balaban J connectivity index is 2.49. The second kappa shape index (κ2) is 7.30. The number of hydrogen-bond acceptors (Lipinski definition) is 3. The SMILES string of the molecule is CCC(CCO)CNC(C)c1ccccc1O. The van der Waals surface area contributed by atoms with Crippen molar-refractivity contribution < 1.29 is 10.2 Å². The van der Waals surface area contributed by atoms with E-state index in [9.17, 15) is 5.11 Å². The lowest BCUT2D eigenvalue weighted by Gasteiger charge is -2.20. The van der Waals surface area contributed by atoms with Crippen molar-refractivity contribution in [1.29, 1.82) is 0 Å². The number of aliphatic hydroxyl groups is 1. The van der Waals surface area contributed by atoms with Crippen LogP contribution in [0.5, 0.6) is 5.75 Å². The average Bonchev–Trinajstić information content (AvgIpc) is 2.34. The van der Waals surface area contributed by atoms with E-state index in [4.69, 9.17) is 5.11 Å². The van der Waals surface area contributed by atoms with Gasteiger partial charge in [-0.25, -0.2) is 0 Å². The molecular weight excluding hydrogens is 214 g/mol. The molecule has 0 bridgehead atoms. The summed E-state index contributed by atoms with van der Waals surface area (Å²) in [6.45, 7) is 5.28. The van der Waals surface area contributed by atoms with Gasteiger partial charge in [0.1, 0.15) is 5.75 Å². The van der Waals surface area contributed by atoms with E-state index in [-0.39, 0.29) is 12.6 Å². The standard InChI is InChI=1S/C14H23NO2/c1-3-12(8-9-16)10-15-11(2)13-6-4-5-7-14(13)17/h4-7,11-12,15-17H,3,8-10H2,1-2H3. The lowest BCUT2D eigenvalue weighted by molar-refractivity contribution is 0.249. The molecule has 0 aliphatic heterocycles. The Morgan fingerprint density at radius 1 is 1.29 bits per heavy atom. The molecule has 1 aromatic rings. The number of phenolic OH excluding ortho intramolecular Hbond substituents is 1. The molecule has 0 radical (unpaired) electrons. The first-order valence-corrected chi connectivity index (χ1v) is 6.31. The quantitative estimate of drug-likeness (QED) is 0.683. The molecule has 0 aliphatic rings. The Hall–Kier alpha value is -1.06. The summed E-state index contributed by atoms with van der Waals surface area (Å²) in [6.07, 6.45) is 1.89. The van der Waals surface area contributed by atoms with Crippen LogP contribution in [0.3, 0.4) is 0 Å². The second-order valence-corrected chi connectivity index (χ2v) is 4.48. The molecule has 0 aliphatic carbocycles. The maximum Gasteiger partial charge on any atom is 0.120 e. The number of aliphatic hydroxyl groups excluding tert-OH is 1. The number of para-hydroxylation sites is 1. The summed E-state index contributed by atoms with van der Waals surface area (Å²) in [5.41, 5.74) is 0.923. The first-order valence-electron chi connectivity index (χ1n) is 6.31. The molecule has 2 atom stereocenters. The minimum absolute atomic E-state index is 0.129. The fraction of sp³-hybridized carbons (Fsp3) is 0.571. The minimum atomic E-state index is 0.129. The van der Waals surface area contributed by atoms with Crippen molar-refractivity contribution in [3.8, 4) is 5.75 Å². The molecule has 0 heterocycles. The Morgan fingerprint density at radius 2 is 2.00 bits per heavy atom. The summed E-state index contributed by atoms with van der Waals surface area (Å²) in [4.78, 5) is 0. The largest absolute Gasteiger partial charge is 0.508 e. The Bertz CT molecular complexity index is 328. The van der Waals surface area contributed by atoms with E-state index in [1.165, 1.54) is 0 Å². The molecule has 17 heavy (non-hydrogen) atoms. The third-order valence-electron chi connectivity index (χ3n) is 3.23. The topological polar surface area (TPSA) is 52.5 Å². The molecule has 0 saturated carbocycles. The van der Waals surface area contributed by atoms with E-state index in [1.807, 2.05) is 25.1 Å². The molecule has 0 spiro atoms. The average molecular weight is 237 g/mol. The highest BCUT2D eigenvalue weighted by atomic mass is 16.3. The summed E-state index contributed by atoms with van der Waals surface area (Å²) in [6, 6.07) is 7.52. The normalized spacial score (nSPS) is 14.5. The summed E-state index contributed by atoms with van der Waals surface area (Å²) in [5, 5.41) is 22.1. The lowest BCUT2D eigenvalue weighted by atomic mass is 10.0. The highest BCUT2D eigenvalue weighted by Gasteiger charge is 2.11. The van der Waals surface area contributed by atoms with Crippen LogP contribution in [0.1, 0.15) is 38.3 Å². The van der Waals surface area contributed by atoms with Gasteiger partial charge in [0.15, 0.2) is 0 Å². The molecule has 3 N–H and O–H groups in total. The molecule has 0 fully saturated rings. The van der Waals surface area contributed by atoms with Crippen molar-refractivity contribution in [2.45, 2.75) is 32.7 Å². The number of phenols is 1. The van der Waals surface area contributed by atoms with Gasteiger partial charge in [-0.3, -0.25) is 0 Å². The zero-order chi connectivity index (χ0) is 12.7. The summed E-state index contributed by atoms with van der Waals surface area (Å²) < 4.78 is 0. The molecule has 2 unspecified atom stereocenters. The van der Waals surface area contributed by atoms with E-state index < -0.39 is 0 Å². The van der Waals surface area contributed by atoms with Gasteiger partial charge in [0.2, 0.25) is 0 Å². The lowest BCUT2D eigenvalue weighted by Crippen LogP contribution is -2.26. The minimum Gasteiger partial charge on any atom is -0.508 e. The van der Waals surface area contributed by atoms with E-state index in [0.29, 0.717) is 11.7 Å². The summed E-state index contributed by atoms with van der Waals surface area (Å²) >= 11 is 0. The fourth-order valence-electron chi connectivity index (χ4n) is 1.94. The molecule has 0 saturated heterocycles. The number of rotatable bonds is 7. The van der Waals surface area contributed by atoms with Crippen molar-refractivity contribution in [3.05, 3.63) is 29.8 Å². The van der Waals surface area contributed by atoms with Crippen LogP contribution >= 0.6 is 0 Å². The first kappa shape index (κ1) is 14.0. The third-order valence-corrected chi connectivity index (χ3v) is 3.23. The predicted molar refractivity (Wildman–Crippen MR) is 70.0 cm³/mol. The molecular formula is C14H23NO2. The highest BCUT2D eigenvalue weighted by Crippen LogP contribution is 2.23. The molecule has 1 aromatic carbocycles. The van der Waals surface area contributed by atoms with Crippen molar-refractivity contribution in [2.24, 2.45) is 5.92 Å². The van der Waals surface area contributed by atoms with Crippen molar-refractivity contribution >= 4 is 0 Å². The van der Waals surface area contributed by atoms with Crippen molar-refractivity contribution in [2.75, 3.05) is 13.2 Å². The van der Waals surface area contributed by atoms with Crippen LogP contribution in [-0.4, -0.2) is 23.4 Å². The Labute approximate surface area is 103 Å². The fourth-order valence-corrected chi connectivity index (χ4v) is 1.94. The van der Waals surface area contributed by atoms with Gasteiger partial charge in [-0.2, -0.15) is 0 Å². The van der Waals surface area contributed by atoms with Crippen molar-refractivity contribution in [1.82, 2.24) is 5.32 Å². The number of hydrogen-bond donors (Lipinski definition) is 3. The van der Waals surface area contributed by atoms with E-state index in [1.54, 1.807) is 6.07 Å². The molecule has 0 aromatic heterocycles. The summed E-state index contributed by atoms with van der Waals surface area (Å²) in [5.74, 6) is 0.830. The Kier molecular flexibility index (Phi) is 6.01. The van der Waals surface area contributed by atoms with Gasteiger partial charge < -0.3 is 15.5 Å². The van der Waals surface area contributed by atoms with Crippen LogP contribution < -0.4 is 5.32 Å². The van der Waals surface area contributed by atoms with Crippen LogP contribution in [0.4, 0.5) is 0 Å².